The summed E-state index contributed by atoms with van der Waals surface area (Å²) in [6.07, 6.45) is 1.86. The fourth-order valence-electron chi connectivity index (χ4n) is 5.06. The molecule has 0 radical (unpaired) electrons. The minimum Gasteiger partial charge on any atom is -0.286 e. The molecule has 0 amide bonds. The maximum absolute atomic E-state index is 10.7. The van der Waals surface area contributed by atoms with E-state index in [-0.39, 0.29) is 0 Å². The number of aliphatic imine (C=N–C) groups is 1. The molecule has 3 heterocycles. The average molecular weight is 594 g/mol. The van der Waals surface area contributed by atoms with Crippen molar-refractivity contribution in [2.24, 2.45) is 4.99 Å². The van der Waals surface area contributed by atoms with Crippen molar-refractivity contribution in [3.05, 3.63) is 140 Å². The summed E-state index contributed by atoms with van der Waals surface area (Å²) >= 11 is 16.3. The SMILES string of the molecule is N#CC1=C2Sc3ccccc3N2C(N=Cc2ccccc2)=C(c2nc3ccccc3s2)C1c1ccc(Cl)cc1Cl. The number of halogens is 2. The first-order valence-corrected chi connectivity index (χ1v) is 14.9. The van der Waals surface area contributed by atoms with Crippen molar-refractivity contribution in [1.29, 1.82) is 5.26 Å². The molecule has 4 nitrogen and oxygen atoms in total. The van der Waals surface area contributed by atoms with Gasteiger partial charge in [0, 0.05) is 26.7 Å². The molecule has 2 aliphatic heterocycles. The molecule has 0 bridgehead atoms. The largest absolute Gasteiger partial charge is 0.286 e. The summed E-state index contributed by atoms with van der Waals surface area (Å²) in [5.74, 6) is 0.219. The van der Waals surface area contributed by atoms with Crippen molar-refractivity contribution in [1.82, 2.24) is 4.98 Å². The van der Waals surface area contributed by atoms with Crippen LogP contribution in [0.25, 0.3) is 15.8 Å². The van der Waals surface area contributed by atoms with E-state index in [9.17, 15) is 5.26 Å². The van der Waals surface area contributed by atoms with E-state index >= 15 is 0 Å². The van der Waals surface area contributed by atoms with Crippen LogP contribution in [0.1, 0.15) is 22.1 Å². The number of para-hydroxylation sites is 2. The zero-order valence-corrected chi connectivity index (χ0v) is 23.9. The van der Waals surface area contributed by atoms with Gasteiger partial charge in [-0.15, -0.1) is 11.3 Å². The molecule has 1 aromatic heterocycles. The Bertz CT molecular complexity index is 1900. The predicted molar refractivity (Wildman–Crippen MR) is 167 cm³/mol. The van der Waals surface area contributed by atoms with Gasteiger partial charge in [0.1, 0.15) is 15.9 Å². The average Bonchev–Trinajstić information content (AvgIpc) is 3.58. The topological polar surface area (TPSA) is 52.3 Å². The van der Waals surface area contributed by atoms with Crippen LogP contribution in [-0.2, 0) is 0 Å². The fraction of sp³-hybridized carbons (Fsp3) is 0.0312. The Morgan fingerprint density at radius 1 is 0.925 bits per heavy atom. The van der Waals surface area contributed by atoms with Crippen LogP contribution >= 0.6 is 46.3 Å². The van der Waals surface area contributed by atoms with E-state index in [1.165, 1.54) is 0 Å². The van der Waals surface area contributed by atoms with Crippen LogP contribution < -0.4 is 4.90 Å². The number of thioether (sulfide) groups is 1. The first-order chi connectivity index (χ1) is 19.6. The number of benzene rings is 4. The summed E-state index contributed by atoms with van der Waals surface area (Å²) in [7, 11) is 0. The van der Waals surface area contributed by atoms with E-state index in [1.807, 2.05) is 79.0 Å². The molecule has 8 heteroatoms. The first kappa shape index (κ1) is 25.1. The molecule has 5 aromatic rings. The van der Waals surface area contributed by atoms with Crippen molar-refractivity contribution >= 4 is 74.0 Å². The number of thiazole rings is 1. The number of nitriles is 1. The van der Waals surface area contributed by atoms with Crippen LogP contribution in [-0.4, -0.2) is 11.2 Å². The Hall–Kier alpha value is -3.86. The van der Waals surface area contributed by atoms with Gasteiger partial charge in [-0.2, -0.15) is 5.26 Å². The molecule has 4 aromatic carbocycles. The number of hydrogen-bond donors (Lipinski definition) is 0. The van der Waals surface area contributed by atoms with E-state index in [1.54, 1.807) is 29.2 Å². The van der Waals surface area contributed by atoms with E-state index < -0.39 is 5.92 Å². The molecule has 192 valence electrons. The Morgan fingerprint density at radius 2 is 1.70 bits per heavy atom. The third-order valence-corrected chi connectivity index (χ3v) is 9.62. The quantitative estimate of drug-likeness (QED) is 0.195. The van der Waals surface area contributed by atoms with Gasteiger partial charge in [-0.25, -0.2) is 9.98 Å². The van der Waals surface area contributed by atoms with Gasteiger partial charge in [-0.05, 0) is 47.5 Å². The van der Waals surface area contributed by atoms with Crippen LogP contribution in [0.5, 0.6) is 0 Å². The molecule has 40 heavy (non-hydrogen) atoms. The van der Waals surface area contributed by atoms with Crippen LogP contribution in [0.4, 0.5) is 5.69 Å². The van der Waals surface area contributed by atoms with Crippen molar-refractivity contribution in [3.63, 3.8) is 0 Å². The van der Waals surface area contributed by atoms with Gasteiger partial charge in [-0.3, -0.25) is 4.90 Å². The summed E-state index contributed by atoms with van der Waals surface area (Å²) in [5.41, 5.74) is 5.06. The molecule has 1 unspecified atom stereocenters. The van der Waals surface area contributed by atoms with Crippen molar-refractivity contribution in [2.45, 2.75) is 10.8 Å². The van der Waals surface area contributed by atoms with Crippen LogP contribution in [0.3, 0.4) is 0 Å². The second-order valence-electron chi connectivity index (χ2n) is 9.23. The molecule has 0 fully saturated rings. The molecule has 1 atom stereocenters. The van der Waals surface area contributed by atoms with Crippen LogP contribution in [0.15, 0.2) is 123 Å². The summed E-state index contributed by atoms with van der Waals surface area (Å²) in [6, 6.07) is 34.2. The van der Waals surface area contributed by atoms with E-state index in [2.05, 4.69) is 29.2 Å². The Labute approximate surface area is 249 Å². The lowest BCUT2D eigenvalue weighted by atomic mass is 9.83. The standard InChI is InChI=1S/C32H18Cl2N4S2/c33-20-14-15-21(23(34)16-20)28-22(17-35)32-38(25-11-5-7-13-27(25)40-32)30(36-18-19-8-2-1-3-9-19)29(28)31-37-24-10-4-6-12-26(24)39-31/h1-16,18,28H. The van der Waals surface area contributed by atoms with Gasteiger partial charge in [-0.1, -0.05) is 95.6 Å². The van der Waals surface area contributed by atoms with Crippen LogP contribution in [0, 0.1) is 11.3 Å². The fourth-order valence-corrected chi connectivity index (χ4v) is 7.78. The molecule has 0 saturated carbocycles. The number of fused-ring (bicyclic) bond motifs is 4. The highest BCUT2D eigenvalue weighted by molar-refractivity contribution is 8.03. The molecular weight excluding hydrogens is 575 g/mol. The second-order valence-corrected chi connectivity index (χ2v) is 12.1. The number of hydrogen-bond acceptors (Lipinski definition) is 6. The van der Waals surface area contributed by atoms with E-state index in [0.717, 1.165) is 47.5 Å². The van der Waals surface area contributed by atoms with Gasteiger partial charge in [0.25, 0.3) is 0 Å². The maximum atomic E-state index is 10.7. The van der Waals surface area contributed by atoms with E-state index in [0.29, 0.717) is 21.4 Å². The minimum atomic E-state index is -0.494. The summed E-state index contributed by atoms with van der Waals surface area (Å²) in [5, 5.41) is 13.3. The molecule has 2 aliphatic rings. The third-order valence-electron chi connectivity index (χ3n) is 6.83. The second kappa shape index (κ2) is 10.3. The zero-order chi connectivity index (χ0) is 27.2. The van der Waals surface area contributed by atoms with Crippen molar-refractivity contribution in [3.8, 4) is 6.07 Å². The Balaban J connectivity index is 1.57. The lowest BCUT2D eigenvalue weighted by Crippen LogP contribution is -2.27. The molecule has 7 rings (SSSR count). The number of nitrogens with zero attached hydrogens (tertiary/aromatic N) is 4. The molecule has 0 N–H and O–H groups in total. The van der Waals surface area contributed by atoms with E-state index in [4.69, 9.17) is 33.2 Å². The molecular formula is C32H18Cl2N4S2. The normalized spacial score (nSPS) is 16.5. The Kier molecular flexibility index (Phi) is 6.45. The smallest absolute Gasteiger partial charge is 0.145 e. The van der Waals surface area contributed by atoms with Crippen molar-refractivity contribution < 1.29 is 0 Å². The van der Waals surface area contributed by atoms with Gasteiger partial charge >= 0.3 is 0 Å². The molecule has 0 saturated heterocycles. The minimum absolute atomic E-state index is 0.491. The number of rotatable bonds is 4. The lowest BCUT2D eigenvalue weighted by molar-refractivity contribution is 0.943. The summed E-state index contributed by atoms with van der Waals surface area (Å²) in [6.45, 7) is 0. The highest BCUT2D eigenvalue weighted by Crippen LogP contribution is 2.58. The Morgan fingerprint density at radius 3 is 2.50 bits per heavy atom. The van der Waals surface area contributed by atoms with Gasteiger partial charge < -0.3 is 0 Å². The van der Waals surface area contributed by atoms with Crippen LogP contribution in [0.2, 0.25) is 10.0 Å². The number of anilines is 1. The zero-order valence-electron chi connectivity index (χ0n) is 20.8. The highest BCUT2D eigenvalue weighted by atomic mass is 35.5. The monoisotopic (exact) mass is 592 g/mol. The van der Waals surface area contributed by atoms with Gasteiger partial charge in [0.2, 0.25) is 0 Å². The van der Waals surface area contributed by atoms with Crippen molar-refractivity contribution in [2.75, 3.05) is 4.90 Å². The maximum Gasteiger partial charge on any atom is 0.145 e. The molecule has 0 spiro atoms. The number of aromatic nitrogens is 1. The summed E-state index contributed by atoms with van der Waals surface area (Å²) in [4.78, 5) is 13.3. The highest BCUT2D eigenvalue weighted by Gasteiger charge is 2.43. The third kappa shape index (κ3) is 4.23. The summed E-state index contributed by atoms with van der Waals surface area (Å²) < 4.78 is 1.06. The number of allylic oxidation sites excluding steroid dienone is 2. The predicted octanol–water partition coefficient (Wildman–Crippen LogP) is 9.54. The van der Waals surface area contributed by atoms with Gasteiger partial charge in [0.15, 0.2) is 0 Å². The lowest BCUT2D eigenvalue weighted by Gasteiger charge is -2.33. The molecule has 0 aliphatic carbocycles. The van der Waals surface area contributed by atoms with Gasteiger partial charge in [0.05, 0.1) is 33.5 Å². The first-order valence-electron chi connectivity index (χ1n) is 12.5.